The third-order valence-electron chi connectivity index (χ3n) is 3.92. The molecule has 1 fully saturated rings. The zero-order chi connectivity index (χ0) is 14.5. The number of para-hydroxylation sites is 1. The van der Waals surface area contributed by atoms with Gasteiger partial charge in [-0.1, -0.05) is 18.2 Å². The van der Waals surface area contributed by atoms with Gasteiger partial charge >= 0.3 is 0 Å². The summed E-state index contributed by atoms with van der Waals surface area (Å²) in [5, 5.41) is 2.95. The van der Waals surface area contributed by atoms with E-state index < -0.39 is 0 Å². The Bertz CT molecular complexity index is 577. The fraction of sp³-hybridized carbons (Fsp3) is 0.294. The number of nitrogens with one attached hydrogen (secondary N) is 1. The van der Waals surface area contributed by atoms with Gasteiger partial charge in [0.15, 0.2) is 0 Å². The van der Waals surface area contributed by atoms with Gasteiger partial charge in [0.1, 0.15) is 0 Å². The summed E-state index contributed by atoms with van der Waals surface area (Å²) in [5.41, 5.74) is 2.01. The highest BCUT2D eigenvalue weighted by Gasteiger charge is 2.25. The lowest BCUT2D eigenvalue weighted by molar-refractivity contribution is -0.120. The van der Waals surface area contributed by atoms with E-state index in [-0.39, 0.29) is 11.8 Å². The number of benzene rings is 1. The lowest BCUT2D eigenvalue weighted by atomic mass is 9.95. The van der Waals surface area contributed by atoms with Crippen LogP contribution in [-0.2, 0) is 4.79 Å². The highest BCUT2D eigenvalue weighted by Crippen LogP contribution is 2.23. The van der Waals surface area contributed by atoms with Crippen molar-refractivity contribution in [3.63, 3.8) is 0 Å². The Morgan fingerprint density at radius 2 is 1.86 bits per heavy atom. The molecule has 4 nitrogen and oxygen atoms in total. The molecule has 2 aromatic rings. The third kappa shape index (κ3) is 3.40. The largest absolute Gasteiger partial charge is 0.371 e. The second-order valence-electron chi connectivity index (χ2n) is 5.33. The zero-order valence-corrected chi connectivity index (χ0v) is 11.9. The van der Waals surface area contributed by atoms with Crippen LogP contribution in [0.3, 0.4) is 0 Å². The lowest BCUT2D eigenvalue weighted by Gasteiger charge is -2.33. The number of anilines is 2. The first kappa shape index (κ1) is 13.6. The number of nitrogens with zero attached hydrogens (tertiary/aromatic N) is 2. The molecule has 0 bridgehead atoms. The Balaban J connectivity index is 1.55. The average Bonchev–Trinajstić information content (AvgIpc) is 2.57. The lowest BCUT2D eigenvalue weighted by Crippen LogP contribution is -2.38. The van der Waals surface area contributed by atoms with E-state index in [4.69, 9.17) is 0 Å². The van der Waals surface area contributed by atoms with Crippen LogP contribution in [0.25, 0.3) is 0 Å². The summed E-state index contributed by atoms with van der Waals surface area (Å²) in [6, 6.07) is 14.1. The van der Waals surface area contributed by atoms with E-state index in [1.807, 2.05) is 18.2 Å². The van der Waals surface area contributed by atoms with Gasteiger partial charge in [-0.15, -0.1) is 0 Å². The van der Waals surface area contributed by atoms with Crippen molar-refractivity contribution in [2.45, 2.75) is 12.8 Å². The Kier molecular flexibility index (Phi) is 4.15. The average molecular weight is 281 g/mol. The van der Waals surface area contributed by atoms with Crippen LogP contribution in [0.1, 0.15) is 12.8 Å². The molecule has 0 saturated carbocycles. The molecule has 0 atom stereocenters. The smallest absolute Gasteiger partial charge is 0.227 e. The second kappa shape index (κ2) is 6.39. The third-order valence-corrected chi connectivity index (χ3v) is 3.92. The molecule has 1 aromatic heterocycles. The molecule has 108 valence electrons. The first-order valence-electron chi connectivity index (χ1n) is 7.34. The van der Waals surface area contributed by atoms with Gasteiger partial charge in [-0.3, -0.25) is 9.78 Å². The van der Waals surface area contributed by atoms with E-state index in [1.165, 1.54) is 5.69 Å². The van der Waals surface area contributed by atoms with Crippen molar-refractivity contribution >= 4 is 17.3 Å². The van der Waals surface area contributed by atoms with Crippen LogP contribution in [0.15, 0.2) is 54.9 Å². The summed E-state index contributed by atoms with van der Waals surface area (Å²) < 4.78 is 0. The van der Waals surface area contributed by atoms with Crippen LogP contribution in [0, 0.1) is 5.92 Å². The molecule has 0 radical (unpaired) electrons. The van der Waals surface area contributed by atoms with Crippen molar-refractivity contribution in [1.29, 1.82) is 0 Å². The van der Waals surface area contributed by atoms with Crippen molar-refractivity contribution in [3.8, 4) is 0 Å². The van der Waals surface area contributed by atoms with Crippen LogP contribution in [0.4, 0.5) is 11.4 Å². The SMILES string of the molecule is O=C(Nc1cccnc1)C1CCN(c2ccccc2)CC1. The molecule has 21 heavy (non-hydrogen) atoms. The predicted octanol–water partition coefficient (Wildman–Crippen LogP) is 2.94. The zero-order valence-electron chi connectivity index (χ0n) is 11.9. The van der Waals surface area contributed by atoms with E-state index in [2.05, 4.69) is 39.5 Å². The number of amides is 1. The Labute approximate surface area is 124 Å². The summed E-state index contributed by atoms with van der Waals surface area (Å²) >= 11 is 0. The number of hydrogen-bond acceptors (Lipinski definition) is 3. The number of pyridine rings is 1. The summed E-state index contributed by atoms with van der Waals surface area (Å²) in [4.78, 5) is 18.6. The maximum Gasteiger partial charge on any atom is 0.227 e. The molecule has 4 heteroatoms. The fourth-order valence-electron chi connectivity index (χ4n) is 2.72. The summed E-state index contributed by atoms with van der Waals surface area (Å²) in [7, 11) is 0. The van der Waals surface area contributed by atoms with Gasteiger partial charge in [0.25, 0.3) is 0 Å². The first-order chi connectivity index (χ1) is 10.3. The fourth-order valence-corrected chi connectivity index (χ4v) is 2.72. The van der Waals surface area contributed by atoms with Crippen LogP contribution >= 0.6 is 0 Å². The monoisotopic (exact) mass is 281 g/mol. The van der Waals surface area contributed by atoms with Crippen LogP contribution in [0.2, 0.25) is 0 Å². The van der Waals surface area contributed by atoms with Crippen LogP contribution < -0.4 is 10.2 Å². The molecule has 2 heterocycles. The van der Waals surface area contributed by atoms with E-state index in [0.29, 0.717) is 0 Å². The van der Waals surface area contributed by atoms with Crippen molar-refractivity contribution in [2.75, 3.05) is 23.3 Å². The standard InChI is InChI=1S/C17H19N3O/c21-17(19-15-5-4-10-18-13-15)14-8-11-20(12-9-14)16-6-2-1-3-7-16/h1-7,10,13-14H,8-9,11-12H2,(H,19,21). The van der Waals surface area contributed by atoms with Crippen LogP contribution in [-0.4, -0.2) is 24.0 Å². The molecule has 1 aliphatic rings. The highest BCUT2D eigenvalue weighted by molar-refractivity contribution is 5.92. The Morgan fingerprint density at radius 3 is 2.52 bits per heavy atom. The topological polar surface area (TPSA) is 45.2 Å². The second-order valence-corrected chi connectivity index (χ2v) is 5.33. The molecule has 1 N–H and O–H groups in total. The summed E-state index contributed by atoms with van der Waals surface area (Å²) in [6.07, 6.45) is 5.16. The van der Waals surface area contributed by atoms with Crippen molar-refractivity contribution in [2.24, 2.45) is 5.92 Å². The van der Waals surface area contributed by atoms with Gasteiger partial charge in [0.05, 0.1) is 11.9 Å². The maximum atomic E-state index is 12.3. The van der Waals surface area contributed by atoms with E-state index >= 15 is 0 Å². The van der Waals surface area contributed by atoms with Gasteiger partial charge in [0.2, 0.25) is 5.91 Å². The molecule has 0 unspecified atom stereocenters. The molecule has 0 spiro atoms. The molecule has 1 saturated heterocycles. The number of piperidine rings is 1. The van der Waals surface area contributed by atoms with Crippen molar-refractivity contribution in [3.05, 3.63) is 54.9 Å². The van der Waals surface area contributed by atoms with E-state index in [1.54, 1.807) is 12.4 Å². The number of aromatic nitrogens is 1. The first-order valence-corrected chi connectivity index (χ1v) is 7.34. The molecule has 1 amide bonds. The van der Waals surface area contributed by atoms with Crippen molar-refractivity contribution < 1.29 is 4.79 Å². The molecule has 1 aromatic carbocycles. The Hall–Kier alpha value is -2.36. The summed E-state index contributed by atoms with van der Waals surface area (Å²) in [5.74, 6) is 0.195. The van der Waals surface area contributed by atoms with Gasteiger partial charge < -0.3 is 10.2 Å². The Morgan fingerprint density at radius 1 is 1.10 bits per heavy atom. The summed E-state index contributed by atoms with van der Waals surface area (Å²) in [6.45, 7) is 1.85. The van der Waals surface area contributed by atoms with Crippen LogP contribution in [0.5, 0.6) is 0 Å². The van der Waals surface area contributed by atoms with Gasteiger partial charge in [-0.25, -0.2) is 0 Å². The van der Waals surface area contributed by atoms with Gasteiger partial charge in [0, 0.05) is 30.9 Å². The molecular formula is C17H19N3O. The quantitative estimate of drug-likeness (QED) is 0.941. The minimum atomic E-state index is 0.0881. The number of carbonyl (C=O) groups excluding carboxylic acids is 1. The molecule has 3 rings (SSSR count). The maximum absolute atomic E-state index is 12.3. The van der Waals surface area contributed by atoms with Gasteiger partial charge in [-0.05, 0) is 37.1 Å². The number of hydrogen-bond donors (Lipinski definition) is 1. The minimum Gasteiger partial charge on any atom is -0.371 e. The molecule has 1 aliphatic heterocycles. The predicted molar refractivity (Wildman–Crippen MR) is 84.2 cm³/mol. The van der Waals surface area contributed by atoms with E-state index in [0.717, 1.165) is 31.6 Å². The normalized spacial score (nSPS) is 15.7. The highest BCUT2D eigenvalue weighted by atomic mass is 16.1. The minimum absolute atomic E-state index is 0.0881. The van der Waals surface area contributed by atoms with E-state index in [9.17, 15) is 4.79 Å². The molecular weight excluding hydrogens is 262 g/mol. The number of rotatable bonds is 3. The number of carbonyl (C=O) groups is 1. The van der Waals surface area contributed by atoms with Gasteiger partial charge in [-0.2, -0.15) is 0 Å². The molecule has 0 aliphatic carbocycles. The van der Waals surface area contributed by atoms with Crippen molar-refractivity contribution in [1.82, 2.24) is 4.98 Å².